The van der Waals surface area contributed by atoms with Gasteiger partial charge in [-0.1, -0.05) is 30.3 Å². The third kappa shape index (κ3) is 3.92. The third-order valence-corrected chi connectivity index (χ3v) is 5.70. The van der Waals surface area contributed by atoms with Gasteiger partial charge in [0, 0.05) is 49.7 Å². The van der Waals surface area contributed by atoms with E-state index in [4.69, 9.17) is 0 Å². The topological polar surface area (TPSA) is 52.7 Å². The number of piperazine rings is 1. The van der Waals surface area contributed by atoms with Crippen LogP contribution in [0.15, 0.2) is 54.6 Å². The SMILES string of the molecule is CC1NC(c2ccccc2)=CC1C(=O)C(=O)N1CCN(c2ccc(F)c(F)c2)CC1. The number of hydrogen-bond acceptors (Lipinski definition) is 4. The lowest BCUT2D eigenvalue weighted by Crippen LogP contribution is -2.52. The number of benzene rings is 2. The summed E-state index contributed by atoms with van der Waals surface area (Å²) in [7, 11) is 0. The number of carbonyl (C=O) groups is 2. The predicted octanol–water partition coefficient (Wildman–Crippen LogP) is 2.83. The normalized spacial score (nSPS) is 21.2. The van der Waals surface area contributed by atoms with Crippen LogP contribution in [0.2, 0.25) is 0 Å². The standard InChI is InChI=1S/C23H23F2N3O2/c1-15-18(14-21(26-15)16-5-3-2-4-6-16)22(29)23(30)28-11-9-27(10-12-28)17-7-8-19(24)20(25)13-17/h2-8,13-15,18,26H,9-12H2,1H3. The van der Waals surface area contributed by atoms with Crippen LogP contribution < -0.4 is 10.2 Å². The highest BCUT2D eigenvalue weighted by Gasteiger charge is 2.36. The first kappa shape index (κ1) is 20.1. The number of nitrogens with zero attached hydrogens (tertiary/aromatic N) is 2. The molecule has 2 aliphatic heterocycles. The Morgan fingerprint density at radius 2 is 1.67 bits per heavy atom. The molecule has 2 heterocycles. The molecule has 1 N–H and O–H groups in total. The maximum atomic E-state index is 13.5. The number of Topliss-reactive ketones (excluding diaryl/α,β-unsaturated/α-hetero) is 1. The predicted molar refractivity (Wildman–Crippen MR) is 111 cm³/mol. The molecule has 2 aliphatic rings. The molecule has 0 spiro atoms. The summed E-state index contributed by atoms with van der Waals surface area (Å²) in [4.78, 5) is 29.1. The van der Waals surface area contributed by atoms with Crippen molar-refractivity contribution in [3.8, 4) is 0 Å². The van der Waals surface area contributed by atoms with E-state index in [0.717, 1.165) is 23.4 Å². The fourth-order valence-electron chi connectivity index (χ4n) is 3.95. The fourth-order valence-corrected chi connectivity index (χ4v) is 3.95. The van der Waals surface area contributed by atoms with E-state index >= 15 is 0 Å². The van der Waals surface area contributed by atoms with Crippen LogP contribution in [-0.2, 0) is 9.59 Å². The summed E-state index contributed by atoms with van der Waals surface area (Å²) in [6.07, 6.45) is 1.83. The average molecular weight is 411 g/mol. The molecule has 7 heteroatoms. The highest BCUT2D eigenvalue weighted by molar-refractivity contribution is 6.37. The van der Waals surface area contributed by atoms with E-state index < -0.39 is 29.2 Å². The Hall–Kier alpha value is -3.22. The van der Waals surface area contributed by atoms with E-state index in [-0.39, 0.29) is 6.04 Å². The summed E-state index contributed by atoms with van der Waals surface area (Å²) in [5.74, 6) is -3.23. The summed E-state index contributed by atoms with van der Waals surface area (Å²) in [5, 5.41) is 3.29. The molecule has 0 radical (unpaired) electrons. The molecule has 156 valence electrons. The molecule has 4 rings (SSSR count). The summed E-state index contributed by atoms with van der Waals surface area (Å²) < 4.78 is 26.6. The van der Waals surface area contributed by atoms with Crippen LogP contribution in [0.3, 0.4) is 0 Å². The van der Waals surface area contributed by atoms with Gasteiger partial charge < -0.3 is 15.1 Å². The van der Waals surface area contributed by atoms with Gasteiger partial charge in [-0.15, -0.1) is 0 Å². The van der Waals surface area contributed by atoms with Gasteiger partial charge in [0.2, 0.25) is 5.78 Å². The average Bonchev–Trinajstić information content (AvgIpc) is 3.17. The number of halogens is 2. The second-order valence-corrected chi connectivity index (χ2v) is 7.65. The van der Waals surface area contributed by atoms with Crippen LogP contribution in [0, 0.1) is 17.6 Å². The molecule has 0 aromatic heterocycles. The van der Waals surface area contributed by atoms with Gasteiger partial charge in [0.15, 0.2) is 11.6 Å². The molecular weight excluding hydrogens is 388 g/mol. The summed E-state index contributed by atoms with van der Waals surface area (Å²) in [6, 6.07) is 13.3. The van der Waals surface area contributed by atoms with Crippen molar-refractivity contribution in [1.82, 2.24) is 10.2 Å². The largest absolute Gasteiger partial charge is 0.381 e. The lowest BCUT2D eigenvalue weighted by atomic mass is 9.97. The Bertz CT molecular complexity index is 985. The molecule has 2 aromatic carbocycles. The van der Waals surface area contributed by atoms with Crippen molar-refractivity contribution < 1.29 is 18.4 Å². The second-order valence-electron chi connectivity index (χ2n) is 7.65. The van der Waals surface area contributed by atoms with Crippen molar-refractivity contribution in [2.45, 2.75) is 13.0 Å². The Morgan fingerprint density at radius 1 is 0.967 bits per heavy atom. The fraction of sp³-hybridized carbons (Fsp3) is 0.304. The molecule has 2 unspecified atom stereocenters. The monoisotopic (exact) mass is 411 g/mol. The summed E-state index contributed by atoms with van der Waals surface area (Å²) >= 11 is 0. The first-order valence-corrected chi connectivity index (χ1v) is 10.0. The molecule has 0 aliphatic carbocycles. The van der Waals surface area contributed by atoms with Crippen LogP contribution in [0.1, 0.15) is 12.5 Å². The minimum absolute atomic E-state index is 0.167. The Morgan fingerprint density at radius 3 is 2.33 bits per heavy atom. The number of amides is 1. The molecular formula is C23H23F2N3O2. The van der Waals surface area contributed by atoms with Crippen molar-refractivity contribution in [1.29, 1.82) is 0 Å². The van der Waals surface area contributed by atoms with Crippen LogP contribution in [0.4, 0.5) is 14.5 Å². The smallest absolute Gasteiger partial charge is 0.290 e. The number of nitrogens with one attached hydrogen (secondary N) is 1. The summed E-state index contributed by atoms with van der Waals surface area (Å²) in [6.45, 7) is 3.51. The number of ketones is 1. The van der Waals surface area contributed by atoms with Gasteiger partial charge in [0.1, 0.15) is 0 Å². The number of anilines is 1. The van der Waals surface area contributed by atoms with Crippen molar-refractivity contribution in [3.63, 3.8) is 0 Å². The molecule has 2 aromatic rings. The van der Waals surface area contributed by atoms with Gasteiger partial charge in [-0.3, -0.25) is 9.59 Å². The van der Waals surface area contributed by atoms with Crippen molar-refractivity contribution in [2.75, 3.05) is 31.1 Å². The van der Waals surface area contributed by atoms with Crippen LogP contribution >= 0.6 is 0 Å². The summed E-state index contributed by atoms with van der Waals surface area (Å²) in [5.41, 5.74) is 2.40. The molecule has 0 bridgehead atoms. The van der Waals surface area contributed by atoms with Crippen LogP contribution in [0.5, 0.6) is 0 Å². The van der Waals surface area contributed by atoms with Gasteiger partial charge in [-0.25, -0.2) is 8.78 Å². The Balaban J connectivity index is 1.39. The van der Waals surface area contributed by atoms with Crippen LogP contribution in [0.25, 0.3) is 5.70 Å². The zero-order chi connectivity index (χ0) is 21.3. The van der Waals surface area contributed by atoms with Gasteiger partial charge in [-0.05, 0) is 30.7 Å². The molecule has 1 fully saturated rings. The van der Waals surface area contributed by atoms with E-state index in [0.29, 0.717) is 31.9 Å². The maximum absolute atomic E-state index is 13.5. The van der Waals surface area contributed by atoms with Crippen molar-refractivity contribution >= 4 is 23.1 Å². The lowest BCUT2D eigenvalue weighted by molar-refractivity contribution is -0.146. The van der Waals surface area contributed by atoms with Gasteiger partial charge in [-0.2, -0.15) is 0 Å². The van der Waals surface area contributed by atoms with Crippen LogP contribution in [-0.4, -0.2) is 48.8 Å². The molecule has 5 nitrogen and oxygen atoms in total. The highest BCUT2D eigenvalue weighted by Crippen LogP contribution is 2.26. The maximum Gasteiger partial charge on any atom is 0.290 e. The molecule has 0 saturated carbocycles. The first-order chi connectivity index (χ1) is 14.4. The van der Waals surface area contributed by atoms with E-state index in [1.807, 2.05) is 48.2 Å². The van der Waals surface area contributed by atoms with Crippen molar-refractivity contribution in [2.24, 2.45) is 5.92 Å². The lowest BCUT2D eigenvalue weighted by Gasteiger charge is -2.36. The zero-order valence-electron chi connectivity index (χ0n) is 16.6. The van der Waals surface area contributed by atoms with Gasteiger partial charge in [0.25, 0.3) is 5.91 Å². The minimum Gasteiger partial charge on any atom is -0.381 e. The Kier molecular flexibility index (Phi) is 5.53. The molecule has 1 amide bonds. The van der Waals surface area contributed by atoms with E-state index in [9.17, 15) is 18.4 Å². The van der Waals surface area contributed by atoms with E-state index in [1.165, 1.54) is 6.07 Å². The number of carbonyl (C=O) groups excluding carboxylic acids is 2. The molecule has 2 atom stereocenters. The number of rotatable bonds is 4. The van der Waals surface area contributed by atoms with E-state index in [2.05, 4.69) is 5.32 Å². The second kappa shape index (κ2) is 8.26. The Labute approximate surface area is 174 Å². The number of hydrogen-bond donors (Lipinski definition) is 1. The quantitative estimate of drug-likeness (QED) is 0.787. The zero-order valence-corrected chi connectivity index (χ0v) is 16.6. The van der Waals surface area contributed by atoms with Gasteiger partial charge in [0.05, 0.1) is 5.92 Å². The van der Waals surface area contributed by atoms with Crippen molar-refractivity contribution in [3.05, 3.63) is 71.8 Å². The molecule has 30 heavy (non-hydrogen) atoms. The minimum atomic E-state index is -0.898. The van der Waals surface area contributed by atoms with Gasteiger partial charge >= 0.3 is 0 Å². The first-order valence-electron chi connectivity index (χ1n) is 10.0. The highest BCUT2D eigenvalue weighted by atomic mass is 19.2. The third-order valence-electron chi connectivity index (χ3n) is 5.70. The van der Waals surface area contributed by atoms with E-state index in [1.54, 1.807) is 4.90 Å². The molecule has 1 saturated heterocycles.